The zero-order valence-electron chi connectivity index (χ0n) is 22.1. The lowest BCUT2D eigenvalue weighted by molar-refractivity contribution is 0.0145. The van der Waals surface area contributed by atoms with E-state index in [1.54, 1.807) is 16.7 Å². The Balaban J connectivity index is 1.56. The van der Waals surface area contributed by atoms with E-state index in [9.17, 15) is 10.1 Å². The molecule has 0 N–H and O–H groups in total. The highest BCUT2D eigenvalue weighted by molar-refractivity contribution is 7.98. The molecule has 4 rings (SSSR count). The Hall–Kier alpha value is -2.79. The number of piperazine rings is 1. The molecule has 0 radical (unpaired) electrons. The molecule has 2 aliphatic rings. The molecule has 2 unspecified atom stereocenters. The molecule has 8 heteroatoms. The lowest BCUT2D eigenvalue weighted by atomic mass is 9.93. The van der Waals surface area contributed by atoms with Crippen molar-refractivity contribution in [2.24, 2.45) is 5.92 Å². The molecule has 36 heavy (non-hydrogen) atoms. The molecule has 192 valence electrons. The number of ether oxygens (including phenoxy) is 1. The highest BCUT2D eigenvalue weighted by Gasteiger charge is 2.36. The van der Waals surface area contributed by atoms with Crippen LogP contribution in [0.1, 0.15) is 56.5 Å². The fourth-order valence-corrected chi connectivity index (χ4v) is 5.68. The number of fused-ring (bicyclic) bond motifs is 1. The maximum absolute atomic E-state index is 12.8. The van der Waals surface area contributed by atoms with Gasteiger partial charge in [0.25, 0.3) is 0 Å². The summed E-state index contributed by atoms with van der Waals surface area (Å²) < 4.78 is 5.62. The van der Waals surface area contributed by atoms with Gasteiger partial charge in [-0.1, -0.05) is 43.0 Å². The molecule has 0 spiro atoms. The number of hydrogen-bond acceptors (Lipinski definition) is 7. The van der Waals surface area contributed by atoms with Gasteiger partial charge in [-0.05, 0) is 69.8 Å². The smallest absolute Gasteiger partial charge is 0.410 e. The first kappa shape index (κ1) is 26.3. The highest BCUT2D eigenvalue weighted by atomic mass is 32.2. The number of carbonyl (C=O) groups is 1. The Morgan fingerprint density at radius 2 is 1.94 bits per heavy atom. The van der Waals surface area contributed by atoms with Crippen LogP contribution in [0, 0.1) is 17.2 Å². The van der Waals surface area contributed by atoms with Crippen molar-refractivity contribution in [1.82, 2.24) is 14.9 Å². The van der Waals surface area contributed by atoms with E-state index in [0.717, 1.165) is 42.4 Å². The highest BCUT2D eigenvalue weighted by Crippen LogP contribution is 2.36. The lowest BCUT2D eigenvalue weighted by Gasteiger charge is -2.41. The second-order valence-electron chi connectivity index (χ2n) is 10.7. The van der Waals surface area contributed by atoms with Crippen molar-refractivity contribution in [1.29, 1.82) is 5.26 Å². The largest absolute Gasteiger partial charge is 0.444 e. The van der Waals surface area contributed by atoms with Gasteiger partial charge >= 0.3 is 6.09 Å². The van der Waals surface area contributed by atoms with Crippen molar-refractivity contribution in [3.8, 4) is 6.07 Å². The fourth-order valence-electron chi connectivity index (χ4n) is 5.31. The van der Waals surface area contributed by atoms with Gasteiger partial charge in [0.05, 0.1) is 24.2 Å². The molecular weight excluding hydrogens is 470 g/mol. The Kier molecular flexibility index (Phi) is 8.09. The number of hydrogen-bond donors (Lipinski definition) is 0. The number of thioether (sulfide) groups is 1. The average Bonchev–Trinajstić information content (AvgIpc) is 3.25. The fraction of sp³-hybridized carbons (Fsp3) is 0.571. The van der Waals surface area contributed by atoms with Gasteiger partial charge in [-0.25, -0.2) is 14.8 Å². The maximum atomic E-state index is 12.8. The molecule has 1 aromatic carbocycles. The standard InChI is InChI=1S/C28H37N5O2S/c1-6-20-9-7-8-10-21(20)15-19-16-23-24(17-19)30-26(36-5)31-25(23)32-13-14-33(22(18-32)11-12-29)27(34)35-28(2,3)4/h7-10,19,22H,6,11,13-18H2,1-5H3. The van der Waals surface area contributed by atoms with Crippen molar-refractivity contribution in [2.75, 3.05) is 30.8 Å². The van der Waals surface area contributed by atoms with Crippen molar-refractivity contribution in [3.05, 3.63) is 46.6 Å². The summed E-state index contributed by atoms with van der Waals surface area (Å²) in [6, 6.07) is 10.8. The first-order valence-corrected chi connectivity index (χ1v) is 14.1. The third-order valence-corrected chi connectivity index (χ3v) is 7.50. The molecule has 7 nitrogen and oxygen atoms in total. The van der Waals surface area contributed by atoms with E-state index in [0.29, 0.717) is 25.6 Å². The van der Waals surface area contributed by atoms with Crippen molar-refractivity contribution in [3.63, 3.8) is 0 Å². The second-order valence-corrected chi connectivity index (χ2v) is 11.5. The number of carbonyl (C=O) groups excluding carboxylic acids is 1. The van der Waals surface area contributed by atoms with Gasteiger partial charge in [-0.3, -0.25) is 0 Å². The number of benzene rings is 1. The van der Waals surface area contributed by atoms with Gasteiger partial charge in [0, 0.05) is 25.2 Å². The molecule has 1 aliphatic carbocycles. The van der Waals surface area contributed by atoms with Gasteiger partial charge in [0.1, 0.15) is 11.4 Å². The number of amides is 1. The predicted molar refractivity (Wildman–Crippen MR) is 143 cm³/mol. The van der Waals surface area contributed by atoms with E-state index in [4.69, 9.17) is 14.7 Å². The van der Waals surface area contributed by atoms with Gasteiger partial charge in [0.15, 0.2) is 5.16 Å². The molecule has 2 atom stereocenters. The molecule has 0 saturated carbocycles. The quantitative estimate of drug-likeness (QED) is 0.399. The van der Waals surface area contributed by atoms with Crippen LogP contribution in [0.2, 0.25) is 0 Å². The molecule has 0 bridgehead atoms. The minimum atomic E-state index is -0.572. The minimum absolute atomic E-state index is 0.240. The van der Waals surface area contributed by atoms with Crippen LogP contribution in [0.4, 0.5) is 10.6 Å². The Bertz CT molecular complexity index is 1140. The number of aryl methyl sites for hydroxylation is 1. The van der Waals surface area contributed by atoms with E-state index >= 15 is 0 Å². The zero-order chi connectivity index (χ0) is 25.9. The van der Waals surface area contributed by atoms with Gasteiger partial charge in [-0.2, -0.15) is 5.26 Å². The van der Waals surface area contributed by atoms with Crippen LogP contribution >= 0.6 is 11.8 Å². The summed E-state index contributed by atoms with van der Waals surface area (Å²) in [4.78, 5) is 26.7. The van der Waals surface area contributed by atoms with Crippen LogP contribution in [0.5, 0.6) is 0 Å². The van der Waals surface area contributed by atoms with Crippen LogP contribution < -0.4 is 4.90 Å². The topological polar surface area (TPSA) is 82.3 Å². The summed E-state index contributed by atoms with van der Waals surface area (Å²) in [5.74, 6) is 1.47. The van der Waals surface area contributed by atoms with Crippen LogP contribution in [-0.4, -0.2) is 58.5 Å². The molecule has 1 saturated heterocycles. The van der Waals surface area contributed by atoms with Crippen LogP contribution in [0.25, 0.3) is 0 Å². The zero-order valence-corrected chi connectivity index (χ0v) is 22.9. The van der Waals surface area contributed by atoms with Crippen molar-refractivity contribution < 1.29 is 9.53 Å². The number of rotatable bonds is 6. The van der Waals surface area contributed by atoms with E-state index < -0.39 is 5.60 Å². The van der Waals surface area contributed by atoms with E-state index in [-0.39, 0.29) is 18.6 Å². The Morgan fingerprint density at radius 1 is 1.19 bits per heavy atom. The first-order chi connectivity index (χ1) is 17.2. The molecule has 1 fully saturated rings. The normalized spacial score (nSPS) is 19.7. The van der Waals surface area contributed by atoms with Gasteiger partial charge in [-0.15, -0.1) is 0 Å². The van der Waals surface area contributed by atoms with Gasteiger partial charge < -0.3 is 14.5 Å². The number of aromatic nitrogens is 2. The summed E-state index contributed by atoms with van der Waals surface area (Å²) in [5.41, 5.74) is 4.65. The Labute approximate surface area is 219 Å². The predicted octanol–water partition coefficient (Wildman–Crippen LogP) is 5.06. The summed E-state index contributed by atoms with van der Waals surface area (Å²) in [6.07, 6.45) is 5.90. The average molecular weight is 508 g/mol. The molecule has 2 aromatic rings. The summed E-state index contributed by atoms with van der Waals surface area (Å²) in [7, 11) is 0. The molecular formula is C28H37N5O2S. The van der Waals surface area contributed by atoms with E-state index in [1.165, 1.54) is 16.7 Å². The minimum Gasteiger partial charge on any atom is -0.444 e. The van der Waals surface area contributed by atoms with Crippen LogP contribution in [0.15, 0.2) is 29.4 Å². The maximum Gasteiger partial charge on any atom is 0.410 e. The Morgan fingerprint density at radius 3 is 2.61 bits per heavy atom. The van der Waals surface area contributed by atoms with Crippen LogP contribution in [-0.2, 0) is 30.4 Å². The van der Waals surface area contributed by atoms with E-state index in [1.807, 2.05) is 27.0 Å². The number of nitriles is 1. The molecule has 2 heterocycles. The summed E-state index contributed by atoms with van der Waals surface area (Å²) >= 11 is 1.56. The molecule has 1 aromatic heterocycles. The van der Waals surface area contributed by atoms with Crippen molar-refractivity contribution >= 4 is 23.7 Å². The SMILES string of the molecule is CCc1ccccc1CC1Cc2nc(SC)nc(N3CCN(C(=O)OC(C)(C)C)C(CC#N)C3)c2C1. The molecule has 1 amide bonds. The first-order valence-electron chi connectivity index (χ1n) is 12.8. The third kappa shape index (κ3) is 5.95. The summed E-state index contributed by atoms with van der Waals surface area (Å²) in [5, 5.41) is 10.3. The third-order valence-electron chi connectivity index (χ3n) is 6.95. The lowest BCUT2D eigenvalue weighted by Crippen LogP contribution is -2.56. The van der Waals surface area contributed by atoms with Crippen LogP contribution in [0.3, 0.4) is 0 Å². The van der Waals surface area contributed by atoms with E-state index in [2.05, 4.69) is 42.2 Å². The number of anilines is 1. The van der Waals surface area contributed by atoms with Gasteiger partial charge in [0.2, 0.25) is 0 Å². The molecule has 1 aliphatic heterocycles. The second kappa shape index (κ2) is 11.1. The number of nitrogens with zero attached hydrogens (tertiary/aromatic N) is 5. The summed E-state index contributed by atoms with van der Waals surface area (Å²) in [6.45, 7) is 9.53. The monoisotopic (exact) mass is 507 g/mol. The van der Waals surface area contributed by atoms with Crippen molar-refractivity contribution in [2.45, 2.75) is 76.6 Å².